The molecule has 0 aliphatic heterocycles. The van der Waals surface area contributed by atoms with Crippen molar-refractivity contribution in [1.82, 2.24) is 4.90 Å². The summed E-state index contributed by atoms with van der Waals surface area (Å²) in [6, 6.07) is 0. The highest BCUT2D eigenvalue weighted by atomic mass is 16.5. The molecule has 14 heavy (non-hydrogen) atoms. The number of rotatable bonds is 4. The molecule has 1 amide bonds. The standard InChI is InChI=1S/C10H19NO3/c1-11(9(12)7-14-2)8-10(13)5-3-4-6-10/h13H,3-8H2,1-2H3. The van der Waals surface area contributed by atoms with Gasteiger partial charge in [-0.3, -0.25) is 4.79 Å². The van der Waals surface area contributed by atoms with Crippen molar-refractivity contribution in [2.24, 2.45) is 0 Å². The Balaban J connectivity index is 2.38. The molecule has 4 heteroatoms. The van der Waals surface area contributed by atoms with Gasteiger partial charge in [0.25, 0.3) is 0 Å². The fourth-order valence-electron chi connectivity index (χ4n) is 1.95. The Morgan fingerprint density at radius 2 is 2.07 bits per heavy atom. The topological polar surface area (TPSA) is 49.8 Å². The molecule has 1 saturated carbocycles. The molecule has 0 heterocycles. The molecule has 0 aromatic carbocycles. The lowest BCUT2D eigenvalue weighted by molar-refractivity contribution is -0.137. The summed E-state index contributed by atoms with van der Waals surface area (Å²) in [6.45, 7) is 0.516. The summed E-state index contributed by atoms with van der Waals surface area (Å²) in [5.41, 5.74) is -0.655. The zero-order chi connectivity index (χ0) is 10.6. The molecule has 1 aliphatic carbocycles. The molecule has 1 aliphatic rings. The minimum absolute atomic E-state index is 0.0761. The number of hydrogen-bond acceptors (Lipinski definition) is 3. The van der Waals surface area contributed by atoms with Crippen LogP contribution in [0, 0.1) is 0 Å². The molecule has 82 valence electrons. The Morgan fingerprint density at radius 3 is 2.57 bits per heavy atom. The van der Waals surface area contributed by atoms with Crippen molar-refractivity contribution >= 4 is 5.91 Å². The van der Waals surface area contributed by atoms with Crippen LogP contribution in [-0.4, -0.2) is 48.8 Å². The molecule has 1 fully saturated rings. The van der Waals surface area contributed by atoms with Gasteiger partial charge in [0.15, 0.2) is 0 Å². The predicted molar refractivity (Wildman–Crippen MR) is 52.9 cm³/mol. The van der Waals surface area contributed by atoms with E-state index in [1.165, 1.54) is 7.11 Å². The first-order valence-electron chi connectivity index (χ1n) is 5.03. The first kappa shape index (κ1) is 11.5. The molecule has 0 spiro atoms. The molecule has 0 aromatic heterocycles. The summed E-state index contributed by atoms with van der Waals surface area (Å²) in [5.74, 6) is -0.0761. The quantitative estimate of drug-likeness (QED) is 0.716. The second-order valence-corrected chi connectivity index (χ2v) is 4.11. The number of likely N-dealkylation sites (N-methyl/N-ethyl adjacent to an activating group) is 1. The maximum absolute atomic E-state index is 11.4. The summed E-state index contributed by atoms with van der Waals surface area (Å²) >= 11 is 0. The first-order valence-corrected chi connectivity index (χ1v) is 5.03. The third-order valence-electron chi connectivity index (χ3n) is 2.76. The van der Waals surface area contributed by atoms with E-state index in [-0.39, 0.29) is 12.5 Å². The Morgan fingerprint density at radius 1 is 1.50 bits per heavy atom. The van der Waals surface area contributed by atoms with Gasteiger partial charge in [0.05, 0.1) is 5.60 Å². The minimum atomic E-state index is -0.655. The van der Waals surface area contributed by atoms with Crippen molar-refractivity contribution in [3.63, 3.8) is 0 Å². The normalized spacial score (nSPS) is 19.6. The van der Waals surface area contributed by atoms with E-state index in [1.807, 2.05) is 0 Å². The number of nitrogens with zero attached hydrogens (tertiary/aromatic N) is 1. The van der Waals surface area contributed by atoms with Crippen molar-refractivity contribution in [3.05, 3.63) is 0 Å². The number of methoxy groups -OCH3 is 1. The smallest absolute Gasteiger partial charge is 0.248 e. The van der Waals surface area contributed by atoms with Gasteiger partial charge in [-0.1, -0.05) is 12.8 Å². The van der Waals surface area contributed by atoms with Crippen LogP contribution in [-0.2, 0) is 9.53 Å². The summed E-state index contributed by atoms with van der Waals surface area (Å²) in [7, 11) is 3.20. The van der Waals surface area contributed by atoms with E-state index in [0.717, 1.165) is 25.7 Å². The van der Waals surface area contributed by atoms with E-state index in [1.54, 1.807) is 11.9 Å². The van der Waals surface area contributed by atoms with Gasteiger partial charge in [0, 0.05) is 20.7 Å². The van der Waals surface area contributed by atoms with E-state index in [2.05, 4.69) is 0 Å². The summed E-state index contributed by atoms with van der Waals surface area (Å²) in [5, 5.41) is 10.0. The van der Waals surface area contributed by atoms with Gasteiger partial charge in [-0.05, 0) is 12.8 Å². The van der Waals surface area contributed by atoms with Gasteiger partial charge < -0.3 is 14.7 Å². The van der Waals surface area contributed by atoms with Crippen LogP contribution in [0.1, 0.15) is 25.7 Å². The molecule has 1 N–H and O–H groups in total. The zero-order valence-electron chi connectivity index (χ0n) is 8.95. The maximum Gasteiger partial charge on any atom is 0.248 e. The third kappa shape index (κ3) is 2.96. The summed E-state index contributed by atoms with van der Waals surface area (Å²) in [6.07, 6.45) is 3.72. The maximum atomic E-state index is 11.4. The summed E-state index contributed by atoms with van der Waals surface area (Å²) < 4.78 is 4.75. The van der Waals surface area contributed by atoms with Crippen LogP contribution >= 0.6 is 0 Å². The van der Waals surface area contributed by atoms with Crippen LogP contribution in [0.2, 0.25) is 0 Å². The SMILES string of the molecule is COCC(=O)N(C)CC1(O)CCCC1. The zero-order valence-corrected chi connectivity index (χ0v) is 8.95. The molecular formula is C10H19NO3. The fraction of sp³-hybridized carbons (Fsp3) is 0.900. The van der Waals surface area contributed by atoms with Gasteiger partial charge in [0.2, 0.25) is 5.91 Å². The number of aliphatic hydroxyl groups is 1. The molecule has 4 nitrogen and oxygen atoms in total. The van der Waals surface area contributed by atoms with Gasteiger partial charge in [0.1, 0.15) is 6.61 Å². The molecule has 1 rings (SSSR count). The van der Waals surface area contributed by atoms with E-state index in [9.17, 15) is 9.90 Å². The minimum Gasteiger partial charge on any atom is -0.388 e. The van der Waals surface area contributed by atoms with Crippen LogP contribution in [0.3, 0.4) is 0 Å². The Bertz CT molecular complexity index is 200. The van der Waals surface area contributed by atoms with Gasteiger partial charge in [-0.15, -0.1) is 0 Å². The lowest BCUT2D eigenvalue weighted by Gasteiger charge is -2.28. The molecule has 0 atom stereocenters. The highest BCUT2D eigenvalue weighted by Gasteiger charge is 2.33. The van der Waals surface area contributed by atoms with Crippen molar-refractivity contribution in [1.29, 1.82) is 0 Å². The molecule has 0 radical (unpaired) electrons. The average molecular weight is 201 g/mol. The number of hydrogen-bond donors (Lipinski definition) is 1. The second kappa shape index (κ2) is 4.75. The van der Waals surface area contributed by atoms with Crippen molar-refractivity contribution < 1.29 is 14.6 Å². The van der Waals surface area contributed by atoms with Crippen molar-refractivity contribution in [2.45, 2.75) is 31.3 Å². The largest absolute Gasteiger partial charge is 0.388 e. The van der Waals surface area contributed by atoms with Gasteiger partial charge in [-0.2, -0.15) is 0 Å². The van der Waals surface area contributed by atoms with Crippen molar-refractivity contribution in [2.75, 3.05) is 27.3 Å². The van der Waals surface area contributed by atoms with E-state index < -0.39 is 5.60 Å². The number of ether oxygens (including phenoxy) is 1. The van der Waals surface area contributed by atoms with Crippen molar-refractivity contribution in [3.8, 4) is 0 Å². The Hall–Kier alpha value is -0.610. The predicted octanol–water partition coefficient (Wildman–Crippen LogP) is 0.396. The van der Waals surface area contributed by atoms with E-state index in [4.69, 9.17) is 4.74 Å². The van der Waals surface area contributed by atoms with Crippen LogP contribution in [0.4, 0.5) is 0 Å². The Kier molecular flexibility index (Phi) is 3.89. The van der Waals surface area contributed by atoms with Crippen LogP contribution in [0.5, 0.6) is 0 Å². The molecule has 0 saturated heterocycles. The van der Waals surface area contributed by atoms with Crippen LogP contribution < -0.4 is 0 Å². The molecule has 0 aromatic rings. The molecular weight excluding hydrogens is 182 g/mol. The average Bonchev–Trinajstić information content (AvgIpc) is 2.52. The number of carbonyl (C=O) groups is 1. The molecule has 0 bridgehead atoms. The number of carbonyl (C=O) groups excluding carboxylic acids is 1. The second-order valence-electron chi connectivity index (χ2n) is 4.11. The van der Waals surface area contributed by atoms with Gasteiger partial charge >= 0.3 is 0 Å². The summed E-state index contributed by atoms with van der Waals surface area (Å²) in [4.78, 5) is 12.9. The highest BCUT2D eigenvalue weighted by Crippen LogP contribution is 2.29. The lowest BCUT2D eigenvalue weighted by Crippen LogP contribution is -2.43. The highest BCUT2D eigenvalue weighted by molar-refractivity contribution is 5.77. The van der Waals surface area contributed by atoms with E-state index in [0.29, 0.717) is 6.54 Å². The van der Waals surface area contributed by atoms with Crippen LogP contribution in [0.15, 0.2) is 0 Å². The third-order valence-corrected chi connectivity index (χ3v) is 2.76. The Labute approximate surface area is 84.8 Å². The van der Waals surface area contributed by atoms with Crippen LogP contribution in [0.25, 0.3) is 0 Å². The fourth-order valence-corrected chi connectivity index (χ4v) is 1.95. The number of amides is 1. The van der Waals surface area contributed by atoms with E-state index >= 15 is 0 Å². The first-order chi connectivity index (χ1) is 6.57. The molecule has 0 unspecified atom stereocenters. The monoisotopic (exact) mass is 201 g/mol. The lowest BCUT2D eigenvalue weighted by atomic mass is 10.0. The van der Waals surface area contributed by atoms with Gasteiger partial charge in [-0.25, -0.2) is 0 Å².